The summed E-state index contributed by atoms with van der Waals surface area (Å²) in [5.74, 6) is -0.513. The smallest absolute Gasteiger partial charge is 0.267 e. The first-order chi connectivity index (χ1) is 14.6. The summed E-state index contributed by atoms with van der Waals surface area (Å²) in [5, 5.41) is 6.70. The van der Waals surface area contributed by atoms with Crippen molar-refractivity contribution in [1.82, 2.24) is 4.98 Å². The Labute approximate surface area is 182 Å². The predicted molar refractivity (Wildman–Crippen MR) is 121 cm³/mol. The molecular formula is C23H18FN3OS2. The lowest BCUT2D eigenvalue weighted by Gasteiger charge is -2.10. The van der Waals surface area contributed by atoms with Gasteiger partial charge in [0.05, 0.1) is 11.4 Å². The Balaban J connectivity index is 1.51. The minimum Gasteiger partial charge on any atom is -0.332 e. The van der Waals surface area contributed by atoms with Crippen molar-refractivity contribution in [2.45, 2.75) is 16.7 Å². The van der Waals surface area contributed by atoms with E-state index in [1.54, 1.807) is 30.8 Å². The topological polar surface area (TPSA) is 54.0 Å². The van der Waals surface area contributed by atoms with Crippen LogP contribution in [0.25, 0.3) is 0 Å². The van der Waals surface area contributed by atoms with Crippen molar-refractivity contribution in [2.75, 3.05) is 10.6 Å². The highest BCUT2D eigenvalue weighted by Gasteiger charge is 2.17. The molecule has 0 fully saturated rings. The second kappa shape index (κ2) is 9.11. The Kier molecular flexibility index (Phi) is 6.11. The van der Waals surface area contributed by atoms with E-state index >= 15 is 0 Å². The van der Waals surface area contributed by atoms with E-state index in [0.717, 1.165) is 15.5 Å². The molecule has 0 atom stereocenters. The molecule has 7 heteroatoms. The fourth-order valence-corrected chi connectivity index (χ4v) is 4.58. The van der Waals surface area contributed by atoms with E-state index in [-0.39, 0.29) is 11.7 Å². The number of nitrogens with one attached hydrogen (secondary N) is 2. The number of anilines is 3. The molecule has 150 valence electrons. The number of nitrogens with zero attached hydrogens (tertiary/aromatic N) is 1. The van der Waals surface area contributed by atoms with Crippen molar-refractivity contribution in [3.05, 3.63) is 95.3 Å². The molecule has 0 aliphatic carbocycles. The number of aryl methyl sites for hydroxylation is 1. The summed E-state index contributed by atoms with van der Waals surface area (Å²) in [7, 11) is 0. The van der Waals surface area contributed by atoms with Crippen molar-refractivity contribution in [2.24, 2.45) is 0 Å². The second-order valence-electron chi connectivity index (χ2n) is 6.43. The molecule has 0 aliphatic heterocycles. The van der Waals surface area contributed by atoms with Gasteiger partial charge in [-0.15, -0.1) is 0 Å². The van der Waals surface area contributed by atoms with E-state index in [1.807, 2.05) is 54.6 Å². The van der Waals surface area contributed by atoms with Crippen LogP contribution in [0, 0.1) is 12.7 Å². The summed E-state index contributed by atoms with van der Waals surface area (Å²) in [6, 6.07) is 23.7. The molecule has 1 amide bonds. The number of benzene rings is 3. The van der Waals surface area contributed by atoms with Gasteiger partial charge < -0.3 is 10.6 Å². The maximum atomic E-state index is 13.1. The van der Waals surface area contributed by atoms with Crippen LogP contribution in [0.15, 0.2) is 88.7 Å². The van der Waals surface area contributed by atoms with Crippen molar-refractivity contribution in [1.29, 1.82) is 0 Å². The predicted octanol–water partition coefficient (Wildman–Crippen LogP) is 6.74. The normalized spacial score (nSPS) is 10.6. The van der Waals surface area contributed by atoms with Crippen LogP contribution in [0.2, 0.25) is 0 Å². The standard InChI is InChI=1S/C23H18FN3OS2/c1-15-21(30-23(25-15)26-17-13-11-16(24)12-14-17)22(28)27-19-9-5-6-10-20(19)29-18-7-3-2-4-8-18/h2-14H,1H3,(H,25,26)(H,27,28). The summed E-state index contributed by atoms with van der Waals surface area (Å²) >= 11 is 2.85. The number of carbonyl (C=O) groups excluding carboxylic acids is 1. The number of halogens is 1. The molecule has 0 unspecified atom stereocenters. The lowest BCUT2D eigenvalue weighted by Crippen LogP contribution is -2.12. The van der Waals surface area contributed by atoms with Crippen LogP contribution in [0.3, 0.4) is 0 Å². The average Bonchev–Trinajstić information content (AvgIpc) is 3.12. The van der Waals surface area contributed by atoms with Gasteiger partial charge in [-0.3, -0.25) is 4.79 Å². The number of rotatable bonds is 6. The van der Waals surface area contributed by atoms with Crippen LogP contribution < -0.4 is 10.6 Å². The van der Waals surface area contributed by atoms with Gasteiger partial charge in [0.1, 0.15) is 10.7 Å². The molecule has 0 saturated carbocycles. The summed E-state index contributed by atoms with van der Waals surface area (Å²) in [5.41, 5.74) is 2.09. The number of aromatic nitrogens is 1. The lowest BCUT2D eigenvalue weighted by atomic mass is 10.3. The number of para-hydroxylation sites is 1. The van der Waals surface area contributed by atoms with Crippen LogP contribution in [0.5, 0.6) is 0 Å². The highest BCUT2D eigenvalue weighted by Crippen LogP contribution is 2.34. The summed E-state index contributed by atoms with van der Waals surface area (Å²) in [4.78, 5) is 19.9. The zero-order valence-corrected chi connectivity index (χ0v) is 17.7. The van der Waals surface area contributed by atoms with Crippen molar-refractivity contribution >= 4 is 45.5 Å². The van der Waals surface area contributed by atoms with E-state index in [9.17, 15) is 9.18 Å². The first kappa shape index (κ1) is 20.1. The van der Waals surface area contributed by atoms with Gasteiger partial charge in [-0.2, -0.15) is 0 Å². The third-order valence-electron chi connectivity index (χ3n) is 4.20. The average molecular weight is 436 g/mol. The first-order valence-electron chi connectivity index (χ1n) is 9.22. The molecule has 0 bridgehead atoms. The number of thiazole rings is 1. The van der Waals surface area contributed by atoms with Crippen LogP contribution in [0.1, 0.15) is 15.4 Å². The Morgan fingerprint density at radius 1 is 0.967 bits per heavy atom. The van der Waals surface area contributed by atoms with E-state index in [4.69, 9.17) is 0 Å². The minimum atomic E-state index is -0.303. The quantitative estimate of drug-likeness (QED) is 0.352. The molecular weight excluding hydrogens is 417 g/mol. The van der Waals surface area contributed by atoms with Gasteiger partial charge in [-0.05, 0) is 55.5 Å². The molecule has 2 N–H and O–H groups in total. The summed E-state index contributed by atoms with van der Waals surface area (Å²) in [6.07, 6.45) is 0. The minimum absolute atomic E-state index is 0.210. The summed E-state index contributed by atoms with van der Waals surface area (Å²) < 4.78 is 13.1. The maximum Gasteiger partial charge on any atom is 0.267 e. The van der Waals surface area contributed by atoms with Crippen LogP contribution in [0.4, 0.5) is 20.9 Å². The fraction of sp³-hybridized carbons (Fsp3) is 0.0435. The molecule has 0 radical (unpaired) electrons. The zero-order chi connectivity index (χ0) is 20.9. The number of hydrogen-bond donors (Lipinski definition) is 2. The van der Waals surface area contributed by atoms with Gasteiger partial charge in [0.2, 0.25) is 0 Å². The Bertz CT molecular complexity index is 1160. The number of amides is 1. The third-order valence-corrected chi connectivity index (χ3v) is 6.36. The molecule has 1 aromatic heterocycles. The third kappa shape index (κ3) is 4.87. The summed E-state index contributed by atoms with van der Waals surface area (Å²) in [6.45, 7) is 1.80. The van der Waals surface area contributed by atoms with Gasteiger partial charge >= 0.3 is 0 Å². The molecule has 4 rings (SSSR count). The first-order valence-corrected chi connectivity index (χ1v) is 10.8. The van der Waals surface area contributed by atoms with E-state index in [1.165, 1.54) is 23.5 Å². The van der Waals surface area contributed by atoms with E-state index in [0.29, 0.717) is 21.4 Å². The van der Waals surface area contributed by atoms with Crippen molar-refractivity contribution in [3.8, 4) is 0 Å². The van der Waals surface area contributed by atoms with Gasteiger partial charge in [-0.1, -0.05) is 53.4 Å². The molecule has 0 spiro atoms. The van der Waals surface area contributed by atoms with Gasteiger partial charge in [-0.25, -0.2) is 9.37 Å². The van der Waals surface area contributed by atoms with Crippen LogP contribution in [-0.2, 0) is 0 Å². The van der Waals surface area contributed by atoms with Gasteiger partial charge in [0.25, 0.3) is 5.91 Å². The molecule has 30 heavy (non-hydrogen) atoms. The second-order valence-corrected chi connectivity index (χ2v) is 8.55. The van der Waals surface area contributed by atoms with Crippen molar-refractivity contribution < 1.29 is 9.18 Å². The molecule has 1 heterocycles. The monoisotopic (exact) mass is 435 g/mol. The van der Waals surface area contributed by atoms with Crippen molar-refractivity contribution in [3.63, 3.8) is 0 Å². The number of hydrogen-bond acceptors (Lipinski definition) is 5. The van der Waals surface area contributed by atoms with Crippen LogP contribution in [-0.4, -0.2) is 10.9 Å². The lowest BCUT2D eigenvalue weighted by molar-refractivity contribution is 0.102. The van der Waals surface area contributed by atoms with Crippen LogP contribution >= 0.6 is 23.1 Å². The number of carbonyl (C=O) groups is 1. The molecule has 0 aliphatic rings. The zero-order valence-electron chi connectivity index (χ0n) is 16.1. The molecule has 3 aromatic carbocycles. The Hall–Kier alpha value is -3.16. The molecule has 4 aromatic rings. The Morgan fingerprint density at radius 3 is 2.43 bits per heavy atom. The van der Waals surface area contributed by atoms with Gasteiger partial charge in [0.15, 0.2) is 5.13 Å². The van der Waals surface area contributed by atoms with E-state index < -0.39 is 0 Å². The Morgan fingerprint density at radius 2 is 1.67 bits per heavy atom. The van der Waals surface area contributed by atoms with E-state index in [2.05, 4.69) is 15.6 Å². The molecule has 4 nitrogen and oxygen atoms in total. The highest BCUT2D eigenvalue weighted by atomic mass is 32.2. The SMILES string of the molecule is Cc1nc(Nc2ccc(F)cc2)sc1C(=O)Nc1ccccc1Sc1ccccc1. The van der Waals surface area contributed by atoms with Gasteiger partial charge in [0, 0.05) is 15.5 Å². The maximum absolute atomic E-state index is 13.1. The largest absolute Gasteiger partial charge is 0.332 e. The fourth-order valence-electron chi connectivity index (χ4n) is 2.77. The molecule has 0 saturated heterocycles. The highest BCUT2D eigenvalue weighted by molar-refractivity contribution is 7.99.